The fraction of sp³-hybridized carbons (Fsp3) is 0.769. The van der Waals surface area contributed by atoms with Gasteiger partial charge in [-0.15, -0.1) is 0 Å². The zero-order valence-electron chi connectivity index (χ0n) is 10.7. The molecule has 1 aromatic heterocycles. The van der Waals surface area contributed by atoms with Crippen LogP contribution in [0.25, 0.3) is 0 Å². The van der Waals surface area contributed by atoms with E-state index in [1.165, 1.54) is 31.5 Å². The summed E-state index contributed by atoms with van der Waals surface area (Å²) in [5, 5.41) is 0. The quantitative estimate of drug-likeness (QED) is 0.637. The average Bonchev–Trinajstić information content (AvgIpc) is 2.59. The lowest BCUT2D eigenvalue weighted by Crippen LogP contribution is -2.37. The summed E-state index contributed by atoms with van der Waals surface area (Å²) in [5.74, 6) is 1.49. The molecule has 15 heavy (non-hydrogen) atoms. The van der Waals surface area contributed by atoms with Crippen LogP contribution in [0.5, 0.6) is 0 Å². The summed E-state index contributed by atoms with van der Waals surface area (Å²) in [6.07, 6.45) is 9.45. The number of imidazole rings is 1. The van der Waals surface area contributed by atoms with Crippen molar-refractivity contribution in [3.63, 3.8) is 0 Å². The van der Waals surface area contributed by atoms with Gasteiger partial charge in [0.1, 0.15) is 12.4 Å². The first-order valence-corrected chi connectivity index (χ1v) is 6.29. The third kappa shape index (κ3) is 3.08. The Morgan fingerprint density at radius 1 is 1.27 bits per heavy atom. The molecule has 0 spiro atoms. The van der Waals surface area contributed by atoms with Crippen LogP contribution in [0.15, 0.2) is 12.4 Å². The van der Waals surface area contributed by atoms with Gasteiger partial charge in [0, 0.05) is 6.42 Å². The molecule has 1 heterocycles. The van der Waals surface area contributed by atoms with Crippen molar-refractivity contribution in [3.8, 4) is 0 Å². The highest BCUT2D eigenvalue weighted by Crippen LogP contribution is 2.09. The lowest BCUT2D eigenvalue weighted by atomic mass is 10.2. The lowest BCUT2D eigenvalue weighted by molar-refractivity contribution is -0.704. The van der Waals surface area contributed by atoms with Gasteiger partial charge in [0.2, 0.25) is 0 Å². The van der Waals surface area contributed by atoms with Crippen molar-refractivity contribution in [2.75, 3.05) is 0 Å². The van der Waals surface area contributed by atoms with Crippen LogP contribution in [0.1, 0.15) is 58.8 Å². The first kappa shape index (κ1) is 12.3. The van der Waals surface area contributed by atoms with Gasteiger partial charge in [-0.2, -0.15) is 0 Å². The standard InChI is InChI=1S/C13H25N2/c1-5-7-8-13-14(9-6-2)10-11-15(13)12(3)4/h10-12H,5-9H2,1-4H3/q+1. The van der Waals surface area contributed by atoms with E-state index in [0.717, 1.165) is 6.54 Å². The van der Waals surface area contributed by atoms with Crippen LogP contribution in [0, 0.1) is 0 Å². The Morgan fingerprint density at radius 3 is 2.53 bits per heavy atom. The van der Waals surface area contributed by atoms with Crippen LogP contribution in [0.4, 0.5) is 0 Å². The van der Waals surface area contributed by atoms with Gasteiger partial charge in [0.25, 0.3) is 5.82 Å². The number of rotatable bonds is 6. The number of unbranched alkanes of at least 4 members (excludes halogenated alkanes) is 1. The number of aromatic nitrogens is 2. The third-order valence-electron chi connectivity index (χ3n) is 2.81. The summed E-state index contributed by atoms with van der Waals surface area (Å²) >= 11 is 0. The molecule has 0 aliphatic heterocycles. The molecular formula is C13H25N2+. The van der Waals surface area contributed by atoms with Gasteiger partial charge in [-0.1, -0.05) is 20.3 Å². The van der Waals surface area contributed by atoms with Gasteiger partial charge in [0.15, 0.2) is 0 Å². The molecule has 2 nitrogen and oxygen atoms in total. The summed E-state index contributed by atoms with van der Waals surface area (Å²) in [6, 6.07) is 0.579. The molecule has 0 saturated carbocycles. The molecule has 86 valence electrons. The van der Waals surface area contributed by atoms with Crippen LogP contribution < -0.4 is 4.57 Å². The molecule has 0 atom stereocenters. The maximum atomic E-state index is 2.41. The van der Waals surface area contributed by atoms with Crippen LogP contribution >= 0.6 is 0 Å². The van der Waals surface area contributed by atoms with Crippen molar-refractivity contribution in [2.24, 2.45) is 0 Å². The Bertz CT molecular complexity index is 287. The molecule has 0 N–H and O–H groups in total. The molecular weight excluding hydrogens is 184 g/mol. The largest absolute Gasteiger partial charge is 0.256 e. The van der Waals surface area contributed by atoms with Gasteiger partial charge >= 0.3 is 0 Å². The van der Waals surface area contributed by atoms with Gasteiger partial charge in [-0.05, 0) is 26.7 Å². The van der Waals surface area contributed by atoms with Crippen LogP contribution in [-0.4, -0.2) is 4.57 Å². The minimum absolute atomic E-state index is 0.579. The highest BCUT2D eigenvalue weighted by Gasteiger charge is 2.17. The van der Waals surface area contributed by atoms with E-state index >= 15 is 0 Å². The summed E-state index contributed by atoms with van der Waals surface area (Å²) in [7, 11) is 0. The van der Waals surface area contributed by atoms with E-state index in [4.69, 9.17) is 0 Å². The highest BCUT2D eigenvalue weighted by molar-refractivity contribution is 4.86. The molecule has 0 amide bonds. The van der Waals surface area contributed by atoms with Crippen molar-refractivity contribution in [1.29, 1.82) is 0 Å². The van der Waals surface area contributed by atoms with E-state index in [-0.39, 0.29) is 0 Å². The maximum Gasteiger partial charge on any atom is 0.256 e. The molecule has 0 fully saturated rings. The van der Waals surface area contributed by atoms with Crippen molar-refractivity contribution in [2.45, 2.75) is 66.0 Å². The van der Waals surface area contributed by atoms with E-state index in [0.29, 0.717) is 6.04 Å². The summed E-state index contributed by atoms with van der Waals surface area (Å²) < 4.78 is 4.82. The third-order valence-corrected chi connectivity index (χ3v) is 2.81. The molecule has 1 rings (SSSR count). The zero-order chi connectivity index (χ0) is 11.3. The monoisotopic (exact) mass is 209 g/mol. The maximum absolute atomic E-state index is 2.41. The van der Waals surface area contributed by atoms with Crippen molar-refractivity contribution in [3.05, 3.63) is 18.2 Å². The van der Waals surface area contributed by atoms with Crippen LogP contribution in [0.2, 0.25) is 0 Å². The summed E-state index contributed by atoms with van der Waals surface area (Å²) in [6.45, 7) is 10.2. The summed E-state index contributed by atoms with van der Waals surface area (Å²) in [5.41, 5.74) is 0. The van der Waals surface area contributed by atoms with Crippen molar-refractivity contribution >= 4 is 0 Å². The Morgan fingerprint density at radius 2 is 2.00 bits per heavy atom. The smallest absolute Gasteiger partial charge is 0.234 e. The molecule has 0 aromatic carbocycles. The summed E-state index contributed by atoms with van der Waals surface area (Å²) in [4.78, 5) is 0. The Labute approximate surface area is 93.9 Å². The van der Waals surface area contributed by atoms with E-state index in [9.17, 15) is 0 Å². The molecule has 1 aromatic rings. The van der Waals surface area contributed by atoms with E-state index in [1.807, 2.05) is 0 Å². The predicted molar refractivity (Wildman–Crippen MR) is 63.9 cm³/mol. The zero-order valence-corrected chi connectivity index (χ0v) is 10.7. The normalized spacial score (nSPS) is 11.3. The second kappa shape index (κ2) is 5.94. The molecule has 0 aliphatic rings. The number of hydrogen-bond acceptors (Lipinski definition) is 0. The molecule has 0 aliphatic carbocycles. The van der Waals surface area contributed by atoms with Gasteiger partial charge in [-0.3, -0.25) is 0 Å². The SMILES string of the molecule is CCCCc1n(C(C)C)cc[n+]1CCC. The average molecular weight is 209 g/mol. The highest BCUT2D eigenvalue weighted by atomic mass is 15.2. The van der Waals surface area contributed by atoms with Gasteiger partial charge in [-0.25, -0.2) is 9.13 Å². The number of nitrogens with zero attached hydrogens (tertiary/aromatic N) is 2. The molecule has 0 unspecified atom stereocenters. The predicted octanol–water partition coefficient (Wildman–Crippen LogP) is 3.11. The number of aryl methyl sites for hydroxylation is 1. The Hall–Kier alpha value is -0.790. The van der Waals surface area contributed by atoms with Crippen molar-refractivity contribution < 1.29 is 4.57 Å². The topological polar surface area (TPSA) is 8.81 Å². The van der Waals surface area contributed by atoms with Crippen molar-refractivity contribution in [1.82, 2.24) is 4.57 Å². The fourth-order valence-corrected chi connectivity index (χ4v) is 1.99. The molecule has 0 bridgehead atoms. The Balaban J connectivity index is 2.86. The van der Waals surface area contributed by atoms with Crippen LogP contribution in [0.3, 0.4) is 0 Å². The van der Waals surface area contributed by atoms with E-state index in [2.05, 4.69) is 49.2 Å². The molecule has 2 heteroatoms. The fourth-order valence-electron chi connectivity index (χ4n) is 1.99. The number of hydrogen-bond donors (Lipinski definition) is 0. The van der Waals surface area contributed by atoms with Gasteiger partial charge in [0.05, 0.1) is 12.6 Å². The second-order valence-corrected chi connectivity index (χ2v) is 4.51. The van der Waals surface area contributed by atoms with E-state index < -0.39 is 0 Å². The minimum atomic E-state index is 0.579. The molecule has 0 saturated heterocycles. The van der Waals surface area contributed by atoms with Crippen LogP contribution in [-0.2, 0) is 13.0 Å². The lowest BCUT2D eigenvalue weighted by Gasteiger charge is -2.06. The van der Waals surface area contributed by atoms with Gasteiger partial charge < -0.3 is 0 Å². The second-order valence-electron chi connectivity index (χ2n) is 4.51. The Kier molecular flexibility index (Phi) is 4.86. The first-order chi connectivity index (χ1) is 7.20. The van der Waals surface area contributed by atoms with E-state index in [1.54, 1.807) is 0 Å². The first-order valence-electron chi connectivity index (χ1n) is 6.29. The minimum Gasteiger partial charge on any atom is -0.234 e. The molecule has 0 radical (unpaired) electrons.